The average Bonchev–Trinajstić information content (AvgIpc) is 2.63. The van der Waals surface area contributed by atoms with Gasteiger partial charge in [-0.2, -0.15) is 0 Å². The zero-order valence-electron chi connectivity index (χ0n) is 11.6. The van der Waals surface area contributed by atoms with Crippen LogP contribution in [0.4, 0.5) is 0 Å². The number of hydrogen-bond donors (Lipinski definition) is 4. The molecular weight excluding hydrogens is 260 g/mol. The highest BCUT2D eigenvalue weighted by atomic mass is 16.6. The minimum Gasteiger partial charge on any atom is -0.392 e. The summed E-state index contributed by atoms with van der Waals surface area (Å²) >= 11 is 0. The van der Waals surface area contributed by atoms with Gasteiger partial charge in [0.25, 0.3) is 0 Å². The van der Waals surface area contributed by atoms with Crippen molar-refractivity contribution in [3.8, 4) is 0 Å². The van der Waals surface area contributed by atoms with Gasteiger partial charge < -0.3 is 25.2 Å². The van der Waals surface area contributed by atoms with E-state index in [-0.39, 0.29) is 25.0 Å². The molecule has 1 aliphatic heterocycles. The van der Waals surface area contributed by atoms with Gasteiger partial charge in [-0.25, -0.2) is 0 Å². The van der Waals surface area contributed by atoms with Gasteiger partial charge in [-0.1, -0.05) is 19.6 Å². The molecule has 2 aliphatic carbocycles. The fraction of sp³-hybridized carbons (Fsp3) is 0.733. The quantitative estimate of drug-likeness (QED) is 0.506. The molecule has 0 bridgehead atoms. The van der Waals surface area contributed by atoms with Crippen LogP contribution in [0, 0.1) is 17.8 Å². The van der Waals surface area contributed by atoms with Crippen molar-refractivity contribution in [2.75, 3.05) is 13.2 Å². The molecule has 4 N–H and O–H groups in total. The third-order valence-electron chi connectivity index (χ3n) is 5.45. The predicted molar refractivity (Wildman–Crippen MR) is 71.5 cm³/mol. The van der Waals surface area contributed by atoms with Crippen molar-refractivity contribution in [3.05, 3.63) is 23.8 Å². The minimum absolute atomic E-state index is 0.0315. The molecule has 0 aromatic heterocycles. The fourth-order valence-electron chi connectivity index (χ4n) is 4.30. The second-order valence-corrected chi connectivity index (χ2v) is 6.43. The molecule has 1 heterocycles. The second-order valence-electron chi connectivity index (χ2n) is 6.43. The Bertz CT molecular complexity index is 473. The van der Waals surface area contributed by atoms with Gasteiger partial charge in [0.15, 0.2) is 5.79 Å². The molecule has 0 amide bonds. The molecule has 3 aliphatic rings. The summed E-state index contributed by atoms with van der Waals surface area (Å²) in [6, 6.07) is 0. The van der Waals surface area contributed by atoms with Crippen LogP contribution < -0.4 is 0 Å². The van der Waals surface area contributed by atoms with Gasteiger partial charge >= 0.3 is 0 Å². The van der Waals surface area contributed by atoms with E-state index in [9.17, 15) is 20.4 Å². The van der Waals surface area contributed by atoms with Crippen LogP contribution in [-0.4, -0.2) is 51.1 Å². The van der Waals surface area contributed by atoms with Crippen molar-refractivity contribution < 1.29 is 25.2 Å². The summed E-state index contributed by atoms with van der Waals surface area (Å²) in [5.41, 5.74) is -0.755. The highest BCUT2D eigenvalue weighted by Gasteiger charge is 2.68. The first-order valence-corrected chi connectivity index (χ1v) is 7.10. The fourth-order valence-corrected chi connectivity index (χ4v) is 4.30. The largest absolute Gasteiger partial charge is 0.392 e. The molecule has 5 heteroatoms. The maximum atomic E-state index is 11.1. The van der Waals surface area contributed by atoms with E-state index in [2.05, 4.69) is 6.58 Å². The van der Waals surface area contributed by atoms with Crippen LogP contribution in [0.15, 0.2) is 23.8 Å². The molecular formula is C15H22O5. The standard InChI is InChI=1S/C15H22O5/c1-8-5-14(18)15(19,9(2)7-20-14)12-11(8)4-3-10(6-16)13(12)17/h3,8,11-13,16-19H,2,4-7H2,1H3/t8-,11+,12+,13+,14+,15+/m0/s1. The molecule has 3 rings (SSSR count). The van der Waals surface area contributed by atoms with E-state index < -0.39 is 23.4 Å². The van der Waals surface area contributed by atoms with Crippen LogP contribution in [0.3, 0.4) is 0 Å². The normalized spacial score (nSPS) is 51.5. The van der Waals surface area contributed by atoms with E-state index in [0.717, 1.165) is 0 Å². The molecule has 0 aromatic carbocycles. The highest BCUT2D eigenvalue weighted by Crippen LogP contribution is 2.57. The van der Waals surface area contributed by atoms with Crippen LogP contribution in [-0.2, 0) is 4.74 Å². The van der Waals surface area contributed by atoms with Crippen molar-refractivity contribution in [2.24, 2.45) is 17.8 Å². The van der Waals surface area contributed by atoms with Crippen LogP contribution in [0.5, 0.6) is 0 Å². The van der Waals surface area contributed by atoms with Gasteiger partial charge in [-0.3, -0.25) is 0 Å². The summed E-state index contributed by atoms with van der Waals surface area (Å²) in [6.45, 7) is 5.66. The molecule has 112 valence electrons. The number of hydrogen-bond acceptors (Lipinski definition) is 5. The van der Waals surface area contributed by atoms with Crippen molar-refractivity contribution in [2.45, 2.75) is 37.3 Å². The van der Waals surface area contributed by atoms with Crippen LogP contribution >= 0.6 is 0 Å². The maximum Gasteiger partial charge on any atom is 0.199 e. The summed E-state index contributed by atoms with van der Waals surface area (Å²) in [7, 11) is 0. The Hall–Kier alpha value is -0.720. The lowest BCUT2D eigenvalue weighted by atomic mass is 9.55. The first-order valence-electron chi connectivity index (χ1n) is 7.10. The van der Waals surface area contributed by atoms with Crippen molar-refractivity contribution in [1.29, 1.82) is 0 Å². The Morgan fingerprint density at radius 2 is 2.15 bits per heavy atom. The number of ether oxygens (including phenoxy) is 1. The van der Waals surface area contributed by atoms with Crippen LogP contribution in [0.2, 0.25) is 0 Å². The molecule has 0 radical (unpaired) electrons. The van der Waals surface area contributed by atoms with E-state index >= 15 is 0 Å². The lowest BCUT2D eigenvalue weighted by molar-refractivity contribution is -0.307. The SMILES string of the molecule is C=C1CO[C@]2(O)C[C@H](C)[C@H]3CC=C(CO)[C@@H](O)[C@@H]3[C@]12O. The Morgan fingerprint density at radius 3 is 2.80 bits per heavy atom. The molecule has 0 spiro atoms. The molecule has 5 nitrogen and oxygen atoms in total. The topological polar surface area (TPSA) is 90.2 Å². The number of fused-ring (bicyclic) bond motifs is 3. The Morgan fingerprint density at radius 1 is 1.45 bits per heavy atom. The summed E-state index contributed by atoms with van der Waals surface area (Å²) in [4.78, 5) is 0. The van der Waals surface area contributed by atoms with E-state index in [1.807, 2.05) is 13.0 Å². The van der Waals surface area contributed by atoms with E-state index in [4.69, 9.17) is 4.74 Å². The van der Waals surface area contributed by atoms with Gasteiger partial charge in [0, 0.05) is 12.3 Å². The van der Waals surface area contributed by atoms with Gasteiger partial charge in [-0.05, 0) is 29.4 Å². The number of rotatable bonds is 1. The van der Waals surface area contributed by atoms with Gasteiger partial charge in [0.1, 0.15) is 5.60 Å². The van der Waals surface area contributed by atoms with Crippen molar-refractivity contribution in [3.63, 3.8) is 0 Å². The van der Waals surface area contributed by atoms with Crippen LogP contribution in [0.1, 0.15) is 19.8 Å². The van der Waals surface area contributed by atoms with Gasteiger partial charge in [-0.15, -0.1) is 0 Å². The number of aliphatic hydroxyl groups is 4. The summed E-state index contributed by atoms with van der Waals surface area (Å²) in [5, 5.41) is 41.7. The average molecular weight is 282 g/mol. The third kappa shape index (κ3) is 1.55. The lowest BCUT2D eigenvalue weighted by Crippen LogP contribution is -2.67. The molecule has 0 aromatic rings. The zero-order valence-corrected chi connectivity index (χ0v) is 11.6. The van der Waals surface area contributed by atoms with Gasteiger partial charge in [0.2, 0.25) is 0 Å². The third-order valence-corrected chi connectivity index (χ3v) is 5.45. The molecule has 20 heavy (non-hydrogen) atoms. The van der Waals surface area contributed by atoms with E-state index in [1.165, 1.54) is 0 Å². The van der Waals surface area contributed by atoms with E-state index in [0.29, 0.717) is 24.0 Å². The lowest BCUT2D eigenvalue weighted by Gasteiger charge is -2.55. The predicted octanol–water partition coefficient (Wildman–Crippen LogP) is -0.0520. The smallest absolute Gasteiger partial charge is 0.199 e. The monoisotopic (exact) mass is 282 g/mol. The van der Waals surface area contributed by atoms with Crippen molar-refractivity contribution in [1.82, 2.24) is 0 Å². The van der Waals surface area contributed by atoms with Gasteiger partial charge in [0.05, 0.1) is 19.3 Å². The molecule has 1 saturated carbocycles. The first kappa shape index (κ1) is 14.2. The summed E-state index contributed by atoms with van der Waals surface area (Å²) in [5.74, 6) is -2.16. The Balaban J connectivity index is 2.10. The Labute approximate surface area is 118 Å². The summed E-state index contributed by atoms with van der Waals surface area (Å²) < 4.78 is 5.41. The zero-order chi connectivity index (χ0) is 14.7. The van der Waals surface area contributed by atoms with Crippen LogP contribution in [0.25, 0.3) is 0 Å². The molecule has 2 fully saturated rings. The van der Waals surface area contributed by atoms with E-state index in [1.54, 1.807) is 0 Å². The molecule has 0 unspecified atom stereocenters. The minimum atomic E-state index is -1.69. The van der Waals surface area contributed by atoms with Crippen molar-refractivity contribution >= 4 is 0 Å². The Kier molecular flexibility index (Phi) is 3.12. The number of aliphatic hydroxyl groups excluding tert-OH is 2. The molecule has 6 atom stereocenters. The molecule has 1 saturated heterocycles. The number of allylic oxidation sites excluding steroid dienone is 1. The maximum absolute atomic E-state index is 11.1. The highest BCUT2D eigenvalue weighted by molar-refractivity contribution is 5.33. The second kappa shape index (κ2) is 4.39. The first-order chi connectivity index (χ1) is 9.35. The summed E-state index contributed by atoms with van der Waals surface area (Å²) in [6.07, 6.45) is 1.84.